The van der Waals surface area contributed by atoms with E-state index >= 15 is 0 Å². The Labute approximate surface area is 234 Å². The summed E-state index contributed by atoms with van der Waals surface area (Å²) in [5, 5.41) is 8.71. The smallest absolute Gasteiger partial charge is 0.306 e. The number of methoxy groups -OCH3 is 1. The molecule has 1 aliphatic carbocycles. The van der Waals surface area contributed by atoms with E-state index < -0.39 is 10.0 Å². The van der Waals surface area contributed by atoms with E-state index in [1.165, 1.54) is 11.4 Å². The van der Waals surface area contributed by atoms with Crippen LogP contribution >= 0.6 is 11.6 Å². The Morgan fingerprint density at radius 2 is 1.92 bits per heavy atom. The fourth-order valence-corrected chi connectivity index (χ4v) is 6.09. The second kappa shape index (κ2) is 12.3. The van der Waals surface area contributed by atoms with Crippen LogP contribution in [0.25, 0.3) is 11.0 Å². The third-order valence-corrected chi connectivity index (χ3v) is 9.21. The number of ether oxygens (including phenoxy) is 1. The predicted molar refractivity (Wildman–Crippen MR) is 154 cm³/mol. The highest BCUT2D eigenvalue weighted by Crippen LogP contribution is 2.33. The largest absolute Gasteiger partial charge is 0.469 e. The average Bonchev–Trinajstić information content (AvgIpc) is 3.33. The van der Waals surface area contributed by atoms with Crippen molar-refractivity contribution >= 4 is 38.6 Å². The van der Waals surface area contributed by atoms with Gasteiger partial charge in [-0.15, -0.1) is 5.10 Å². The van der Waals surface area contributed by atoms with Gasteiger partial charge in [-0.1, -0.05) is 59.3 Å². The molecule has 1 aromatic heterocycles. The number of fused-ring (bicyclic) bond motifs is 1. The highest BCUT2D eigenvalue weighted by atomic mass is 35.5. The van der Waals surface area contributed by atoms with Gasteiger partial charge in [-0.3, -0.25) is 4.79 Å². The molecule has 1 aliphatic rings. The summed E-state index contributed by atoms with van der Waals surface area (Å²) in [6.07, 6.45) is 8.69. The Morgan fingerprint density at radius 1 is 1.18 bits per heavy atom. The lowest BCUT2D eigenvalue weighted by Crippen LogP contribution is -2.27. The van der Waals surface area contributed by atoms with Crippen LogP contribution in [0.15, 0.2) is 71.7 Å². The zero-order valence-corrected chi connectivity index (χ0v) is 24.0. The number of sulfonamides is 1. The molecular weight excluding hydrogens is 536 g/mol. The molecule has 0 radical (unpaired) electrons. The maximum Gasteiger partial charge on any atom is 0.306 e. The van der Waals surface area contributed by atoms with Crippen molar-refractivity contribution < 1.29 is 17.9 Å². The van der Waals surface area contributed by atoms with E-state index in [2.05, 4.69) is 16.9 Å². The zero-order chi connectivity index (χ0) is 28.2. The molecule has 0 saturated carbocycles. The van der Waals surface area contributed by atoms with Crippen LogP contribution in [-0.4, -0.2) is 47.8 Å². The van der Waals surface area contributed by atoms with Crippen LogP contribution in [0, 0.1) is 0 Å². The van der Waals surface area contributed by atoms with Crippen LogP contribution in [0.3, 0.4) is 0 Å². The Morgan fingerprint density at radius 3 is 2.69 bits per heavy atom. The molecule has 0 bridgehead atoms. The Balaban J connectivity index is 1.66. The Hall–Kier alpha value is -3.27. The van der Waals surface area contributed by atoms with Gasteiger partial charge >= 0.3 is 5.97 Å². The predicted octanol–water partition coefficient (Wildman–Crippen LogP) is 5.65. The summed E-state index contributed by atoms with van der Waals surface area (Å²) in [5.74, 6) is -0.719. The summed E-state index contributed by atoms with van der Waals surface area (Å²) in [6.45, 7) is 4.08. The first-order valence-corrected chi connectivity index (χ1v) is 14.6. The van der Waals surface area contributed by atoms with Crippen LogP contribution in [0.1, 0.15) is 54.7 Å². The normalized spacial score (nSPS) is 17.7. The van der Waals surface area contributed by atoms with Gasteiger partial charge in [-0.2, -0.15) is 4.31 Å². The van der Waals surface area contributed by atoms with Gasteiger partial charge in [-0.25, -0.2) is 13.1 Å². The van der Waals surface area contributed by atoms with Gasteiger partial charge in [-0.05, 0) is 66.6 Å². The van der Waals surface area contributed by atoms with Crippen molar-refractivity contribution in [2.45, 2.75) is 44.6 Å². The number of carbonyl (C=O) groups is 1. The monoisotopic (exact) mass is 568 g/mol. The van der Waals surface area contributed by atoms with E-state index in [-0.39, 0.29) is 29.8 Å². The lowest BCUT2D eigenvalue weighted by atomic mass is 9.87. The van der Waals surface area contributed by atoms with Gasteiger partial charge in [0.2, 0.25) is 10.0 Å². The molecule has 1 atom stereocenters. The standard InChI is InChI=1S/C29H33ClN4O4S/c1-20-8-6-5-7-9-24(13-10-20)39(36,37)33(2)19-23-16-21(11-14-26(23)30)25(18-29(35)38-4)22-12-15-28-27(17-22)31-32-34(28)3/h9-17,25H,1,5-8,18-19H2,2-4H3/b13-10-,24-9+. The highest BCUT2D eigenvalue weighted by molar-refractivity contribution is 7.93. The quantitative estimate of drug-likeness (QED) is 0.326. The van der Waals surface area contributed by atoms with Gasteiger partial charge in [0.05, 0.1) is 24.0 Å². The first-order valence-electron chi connectivity index (χ1n) is 12.8. The topological polar surface area (TPSA) is 94.4 Å². The summed E-state index contributed by atoms with van der Waals surface area (Å²) < 4.78 is 35.0. The second-order valence-electron chi connectivity index (χ2n) is 9.75. The molecule has 0 saturated heterocycles. The third-order valence-electron chi connectivity index (χ3n) is 6.99. The summed E-state index contributed by atoms with van der Waals surface area (Å²) in [6, 6.07) is 11.2. The van der Waals surface area contributed by atoms with Gasteiger partial charge in [0.15, 0.2) is 0 Å². The summed E-state index contributed by atoms with van der Waals surface area (Å²) in [5.41, 5.74) is 4.80. The number of esters is 1. The molecule has 39 heavy (non-hydrogen) atoms. The molecule has 206 valence electrons. The van der Waals surface area contributed by atoms with E-state index in [0.29, 0.717) is 22.5 Å². The minimum Gasteiger partial charge on any atom is -0.469 e. The van der Waals surface area contributed by atoms with Crippen LogP contribution in [0.2, 0.25) is 5.02 Å². The van der Waals surface area contributed by atoms with E-state index in [4.69, 9.17) is 16.3 Å². The minimum atomic E-state index is -3.77. The molecule has 0 fully saturated rings. The molecule has 1 heterocycles. The van der Waals surface area contributed by atoms with Gasteiger partial charge in [0.1, 0.15) is 5.52 Å². The summed E-state index contributed by atoms with van der Waals surface area (Å²) in [4.78, 5) is 12.6. The van der Waals surface area contributed by atoms with Crippen LogP contribution in [0.5, 0.6) is 0 Å². The Kier molecular flexibility index (Phi) is 9.04. The zero-order valence-electron chi connectivity index (χ0n) is 22.4. The summed E-state index contributed by atoms with van der Waals surface area (Å²) in [7, 11) is 0.946. The number of halogens is 1. The molecule has 10 heteroatoms. The summed E-state index contributed by atoms with van der Waals surface area (Å²) >= 11 is 6.55. The van der Waals surface area contributed by atoms with E-state index in [1.54, 1.807) is 36.0 Å². The maximum absolute atomic E-state index is 13.5. The minimum absolute atomic E-state index is 0.0648. The van der Waals surface area contributed by atoms with Crippen molar-refractivity contribution in [2.24, 2.45) is 7.05 Å². The fourth-order valence-electron chi connectivity index (χ4n) is 4.67. The number of hydrogen-bond donors (Lipinski definition) is 0. The van der Waals surface area contributed by atoms with Crippen molar-refractivity contribution in [1.82, 2.24) is 19.3 Å². The van der Waals surface area contributed by atoms with Gasteiger partial charge < -0.3 is 4.74 Å². The lowest BCUT2D eigenvalue weighted by Gasteiger charge is -2.21. The number of carbonyl (C=O) groups excluding carboxylic acids is 1. The molecule has 0 amide bonds. The van der Waals surface area contributed by atoms with E-state index in [0.717, 1.165) is 41.5 Å². The van der Waals surface area contributed by atoms with Crippen molar-refractivity contribution in [1.29, 1.82) is 0 Å². The average molecular weight is 569 g/mol. The molecule has 1 unspecified atom stereocenters. The third kappa shape index (κ3) is 6.66. The highest BCUT2D eigenvalue weighted by Gasteiger charge is 2.25. The van der Waals surface area contributed by atoms with Crippen molar-refractivity contribution in [2.75, 3.05) is 14.2 Å². The van der Waals surface area contributed by atoms with Crippen molar-refractivity contribution in [3.8, 4) is 0 Å². The van der Waals surface area contributed by atoms with Crippen LogP contribution in [-0.2, 0) is 33.1 Å². The molecule has 2 aromatic carbocycles. The lowest BCUT2D eigenvalue weighted by molar-refractivity contribution is -0.140. The van der Waals surface area contributed by atoms with Crippen molar-refractivity contribution in [3.05, 3.63) is 93.4 Å². The molecular formula is C29H33ClN4O4S. The first-order chi connectivity index (χ1) is 18.6. The van der Waals surface area contributed by atoms with Crippen molar-refractivity contribution in [3.63, 3.8) is 0 Å². The molecule has 8 nitrogen and oxygen atoms in total. The number of aromatic nitrogens is 3. The number of hydrogen-bond acceptors (Lipinski definition) is 6. The number of allylic oxidation sites excluding steroid dienone is 4. The maximum atomic E-state index is 13.5. The molecule has 0 N–H and O–H groups in total. The second-order valence-corrected chi connectivity index (χ2v) is 12.2. The number of rotatable bonds is 8. The van der Waals surface area contributed by atoms with E-state index in [9.17, 15) is 13.2 Å². The van der Waals surface area contributed by atoms with Gasteiger partial charge in [0, 0.05) is 31.6 Å². The number of aryl methyl sites for hydroxylation is 1. The fraction of sp³-hybridized carbons (Fsp3) is 0.345. The molecule has 0 aliphatic heterocycles. The number of nitrogens with zero attached hydrogens (tertiary/aromatic N) is 4. The number of benzene rings is 2. The Bertz CT molecular complexity index is 1560. The van der Waals surface area contributed by atoms with Crippen LogP contribution in [0.4, 0.5) is 0 Å². The SMILES string of the molecule is C=C1/C=C\C(S(=O)(=O)N(C)Cc2cc(C(CC(=O)OC)c3ccc4c(c3)nnn4C)ccc2Cl)=C/CCCC1. The molecule has 4 rings (SSSR count). The first kappa shape index (κ1) is 28.7. The van der Waals surface area contributed by atoms with E-state index in [1.807, 2.05) is 37.4 Å². The van der Waals surface area contributed by atoms with Crippen LogP contribution < -0.4 is 0 Å². The van der Waals surface area contributed by atoms with Gasteiger partial charge in [0.25, 0.3) is 0 Å². The molecule has 0 spiro atoms. The molecule has 3 aromatic rings.